The molecule has 3 amide bonds. The molecule has 1 atom stereocenters. The van der Waals surface area contributed by atoms with Crippen LogP contribution in [-0.4, -0.2) is 41.3 Å². The molecule has 0 aliphatic carbocycles. The van der Waals surface area contributed by atoms with E-state index in [1.54, 1.807) is 42.6 Å². The Hall–Kier alpha value is -4.20. The standard InChI is InChI=1S/C23H21N3O5/c27-20(26-22(29)18-12-7-13-24-18)15-31-23(30)19(14-16-8-3-1-4-9-16)25-21(28)17-10-5-2-6-11-17/h1-13,19,24H,14-15H2,(H,25,28)(H,26,27,29)/t19-/m0/s1. The van der Waals surface area contributed by atoms with Crippen molar-refractivity contribution in [3.05, 3.63) is 95.8 Å². The third-order valence-electron chi connectivity index (χ3n) is 4.35. The summed E-state index contributed by atoms with van der Waals surface area (Å²) < 4.78 is 5.07. The van der Waals surface area contributed by atoms with Crippen LogP contribution in [0.5, 0.6) is 0 Å². The summed E-state index contributed by atoms with van der Waals surface area (Å²) in [5.41, 5.74) is 1.41. The monoisotopic (exact) mass is 419 g/mol. The lowest BCUT2D eigenvalue weighted by Crippen LogP contribution is -2.44. The van der Waals surface area contributed by atoms with Gasteiger partial charge in [-0.1, -0.05) is 48.5 Å². The number of benzene rings is 2. The first-order valence-electron chi connectivity index (χ1n) is 9.57. The second-order valence-corrected chi connectivity index (χ2v) is 6.65. The van der Waals surface area contributed by atoms with E-state index in [0.29, 0.717) is 5.56 Å². The van der Waals surface area contributed by atoms with Gasteiger partial charge in [-0.05, 0) is 29.8 Å². The molecule has 0 saturated heterocycles. The molecule has 0 saturated carbocycles. The maximum Gasteiger partial charge on any atom is 0.329 e. The van der Waals surface area contributed by atoms with Crippen LogP contribution < -0.4 is 10.6 Å². The van der Waals surface area contributed by atoms with Crippen LogP contribution >= 0.6 is 0 Å². The number of H-pyrrole nitrogens is 1. The normalized spacial score (nSPS) is 11.2. The fourth-order valence-corrected chi connectivity index (χ4v) is 2.81. The van der Waals surface area contributed by atoms with Gasteiger partial charge in [-0.2, -0.15) is 0 Å². The van der Waals surface area contributed by atoms with Crippen molar-refractivity contribution < 1.29 is 23.9 Å². The smallest absolute Gasteiger partial charge is 0.329 e. The van der Waals surface area contributed by atoms with Gasteiger partial charge in [-0.15, -0.1) is 0 Å². The lowest BCUT2D eigenvalue weighted by Gasteiger charge is -2.18. The maximum absolute atomic E-state index is 12.6. The zero-order chi connectivity index (χ0) is 22.1. The van der Waals surface area contributed by atoms with Crippen LogP contribution in [0.1, 0.15) is 26.4 Å². The predicted octanol–water partition coefficient (Wildman–Crippen LogP) is 1.86. The number of carbonyl (C=O) groups excluding carboxylic acids is 4. The topological polar surface area (TPSA) is 117 Å². The molecule has 8 nitrogen and oxygen atoms in total. The Bertz CT molecular complexity index is 1030. The number of imide groups is 1. The summed E-state index contributed by atoms with van der Waals surface area (Å²) in [7, 11) is 0. The number of amides is 3. The van der Waals surface area contributed by atoms with Crippen molar-refractivity contribution in [1.29, 1.82) is 0 Å². The summed E-state index contributed by atoms with van der Waals surface area (Å²) >= 11 is 0. The minimum Gasteiger partial charge on any atom is -0.454 e. The summed E-state index contributed by atoms with van der Waals surface area (Å²) in [5.74, 6) is -2.63. The Labute approximate surface area is 178 Å². The van der Waals surface area contributed by atoms with Crippen LogP contribution in [-0.2, 0) is 20.7 Å². The molecule has 0 fully saturated rings. The van der Waals surface area contributed by atoms with Crippen LogP contribution in [0.15, 0.2) is 79.0 Å². The second kappa shape index (κ2) is 10.5. The van der Waals surface area contributed by atoms with E-state index in [0.717, 1.165) is 5.56 Å². The van der Waals surface area contributed by atoms with Gasteiger partial charge in [0.15, 0.2) is 6.61 Å². The van der Waals surface area contributed by atoms with Gasteiger partial charge in [-0.3, -0.25) is 19.7 Å². The van der Waals surface area contributed by atoms with Gasteiger partial charge in [0.1, 0.15) is 11.7 Å². The molecule has 31 heavy (non-hydrogen) atoms. The van der Waals surface area contributed by atoms with Crippen molar-refractivity contribution >= 4 is 23.7 Å². The van der Waals surface area contributed by atoms with Crippen molar-refractivity contribution in [2.75, 3.05) is 6.61 Å². The highest BCUT2D eigenvalue weighted by molar-refractivity contribution is 6.04. The van der Waals surface area contributed by atoms with Crippen LogP contribution in [0.2, 0.25) is 0 Å². The van der Waals surface area contributed by atoms with E-state index < -0.39 is 36.3 Å². The lowest BCUT2D eigenvalue weighted by molar-refractivity contribution is -0.150. The molecule has 0 bridgehead atoms. The lowest BCUT2D eigenvalue weighted by atomic mass is 10.1. The Balaban J connectivity index is 1.61. The van der Waals surface area contributed by atoms with E-state index >= 15 is 0 Å². The quantitative estimate of drug-likeness (QED) is 0.482. The number of carbonyl (C=O) groups is 4. The average molecular weight is 419 g/mol. The van der Waals surface area contributed by atoms with Gasteiger partial charge in [-0.25, -0.2) is 4.79 Å². The summed E-state index contributed by atoms with van der Waals surface area (Å²) in [5, 5.41) is 4.77. The average Bonchev–Trinajstić information content (AvgIpc) is 3.33. The zero-order valence-electron chi connectivity index (χ0n) is 16.5. The van der Waals surface area contributed by atoms with Crippen molar-refractivity contribution in [1.82, 2.24) is 15.6 Å². The number of hydrogen-bond donors (Lipinski definition) is 3. The van der Waals surface area contributed by atoms with Crippen LogP contribution in [0, 0.1) is 0 Å². The first-order chi connectivity index (χ1) is 15.0. The Morgan fingerprint density at radius 3 is 2.16 bits per heavy atom. The SMILES string of the molecule is O=C(COC(=O)[C@H](Cc1ccccc1)NC(=O)c1ccccc1)NC(=O)c1ccc[nH]1. The molecule has 0 spiro atoms. The first-order valence-corrected chi connectivity index (χ1v) is 9.57. The highest BCUT2D eigenvalue weighted by Crippen LogP contribution is 2.07. The number of aromatic amines is 1. The maximum atomic E-state index is 12.6. The fourth-order valence-electron chi connectivity index (χ4n) is 2.81. The molecule has 158 valence electrons. The summed E-state index contributed by atoms with van der Waals surface area (Å²) in [6.45, 7) is -0.655. The molecule has 3 aromatic rings. The predicted molar refractivity (Wildman–Crippen MR) is 112 cm³/mol. The molecule has 1 heterocycles. The number of nitrogens with one attached hydrogen (secondary N) is 3. The van der Waals surface area contributed by atoms with E-state index in [-0.39, 0.29) is 12.1 Å². The van der Waals surface area contributed by atoms with Gasteiger partial charge in [0, 0.05) is 18.2 Å². The molecule has 0 aliphatic rings. The summed E-state index contributed by atoms with van der Waals surface area (Å²) in [4.78, 5) is 51.7. The van der Waals surface area contributed by atoms with Gasteiger partial charge >= 0.3 is 5.97 Å². The molecule has 8 heteroatoms. The van der Waals surface area contributed by atoms with Gasteiger partial charge in [0.25, 0.3) is 17.7 Å². The summed E-state index contributed by atoms with van der Waals surface area (Å²) in [6.07, 6.45) is 1.73. The number of rotatable bonds is 8. The second-order valence-electron chi connectivity index (χ2n) is 6.65. The Morgan fingerprint density at radius 2 is 1.52 bits per heavy atom. The van der Waals surface area contributed by atoms with Crippen LogP contribution in [0.4, 0.5) is 0 Å². The van der Waals surface area contributed by atoms with E-state index in [9.17, 15) is 19.2 Å². The van der Waals surface area contributed by atoms with Gasteiger partial charge in [0.2, 0.25) is 0 Å². The van der Waals surface area contributed by atoms with Crippen LogP contribution in [0.3, 0.4) is 0 Å². The Kier molecular flexibility index (Phi) is 7.31. The molecule has 2 aromatic carbocycles. The van der Waals surface area contributed by atoms with Crippen molar-refractivity contribution in [3.8, 4) is 0 Å². The molecule has 1 aromatic heterocycles. The first kappa shape index (κ1) is 21.5. The minimum atomic E-state index is -1.01. The molecule has 0 radical (unpaired) electrons. The molecule has 3 N–H and O–H groups in total. The highest BCUT2D eigenvalue weighted by atomic mass is 16.5. The van der Waals surface area contributed by atoms with E-state index in [1.807, 2.05) is 30.3 Å². The molecule has 0 aliphatic heterocycles. The number of aromatic nitrogens is 1. The van der Waals surface area contributed by atoms with Crippen molar-refractivity contribution in [3.63, 3.8) is 0 Å². The van der Waals surface area contributed by atoms with Crippen LogP contribution in [0.25, 0.3) is 0 Å². The minimum absolute atomic E-state index is 0.182. The molecular weight excluding hydrogens is 398 g/mol. The Morgan fingerprint density at radius 1 is 0.839 bits per heavy atom. The van der Waals surface area contributed by atoms with E-state index in [1.165, 1.54) is 6.07 Å². The third-order valence-corrected chi connectivity index (χ3v) is 4.35. The van der Waals surface area contributed by atoms with E-state index in [2.05, 4.69) is 15.6 Å². The van der Waals surface area contributed by atoms with Gasteiger partial charge < -0.3 is 15.0 Å². The number of hydrogen-bond acceptors (Lipinski definition) is 5. The fraction of sp³-hybridized carbons (Fsp3) is 0.130. The zero-order valence-corrected chi connectivity index (χ0v) is 16.5. The van der Waals surface area contributed by atoms with E-state index in [4.69, 9.17) is 4.74 Å². The largest absolute Gasteiger partial charge is 0.454 e. The molecule has 0 unspecified atom stereocenters. The van der Waals surface area contributed by atoms with Gasteiger partial charge in [0.05, 0.1) is 0 Å². The van der Waals surface area contributed by atoms with Crippen molar-refractivity contribution in [2.24, 2.45) is 0 Å². The molecular formula is C23H21N3O5. The van der Waals surface area contributed by atoms with Crippen molar-refractivity contribution in [2.45, 2.75) is 12.5 Å². The number of esters is 1. The summed E-state index contributed by atoms with van der Waals surface area (Å²) in [6, 6.07) is 19.7. The molecule has 3 rings (SSSR count). The highest BCUT2D eigenvalue weighted by Gasteiger charge is 2.24. The third kappa shape index (κ3) is 6.40. The number of ether oxygens (including phenoxy) is 1.